The van der Waals surface area contributed by atoms with E-state index in [4.69, 9.17) is 0 Å². The zero-order chi connectivity index (χ0) is 16.8. The van der Waals surface area contributed by atoms with E-state index >= 15 is 0 Å². The Kier molecular flexibility index (Phi) is 5.75. The number of nitrogens with zero attached hydrogens (tertiary/aromatic N) is 1. The number of rotatable bonds is 7. The molecule has 0 radical (unpaired) electrons. The normalized spacial score (nSPS) is 12.5. The second kappa shape index (κ2) is 8.20. The Bertz CT molecular complexity index is 728. The fourth-order valence-corrected chi connectivity index (χ4v) is 3.36. The summed E-state index contributed by atoms with van der Waals surface area (Å²) in [5.41, 5.74) is 3.17. The Hall–Kier alpha value is -2.01. The van der Waals surface area contributed by atoms with Gasteiger partial charge in [-0.25, -0.2) is 4.39 Å². The van der Waals surface area contributed by atoms with Gasteiger partial charge in [0.05, 0.1) is 6.10 Å². The molecule has 0 saturated carbocycles. The molecule has 24 heavy (non-hydrogen) atoms. The van der Waals surface area contributed by atoms with Gasteiger partial charge in [-0.1, -0.05) is 42.5 Å². The van der Waals surface area contributed by atoms with Gasteiger partial charge in [-0.3, -0.25) is 4.90 Å². The van der Waals surface area contributed by atoms with Gasteiger partial charge in [0.25, 0.3) is 0 Å². The van der Waals surface area contributed by atoms with Crippen LogP contribution >= 0.6 is 11.3 Å². The molecular weight excluding hydrogens is 321 g/mol. The van der Waals surface area contributed by atoms with E-state index in [2.05, 4.69) is 21.7 Å². The number of benzene rings is 2. The molecule has 0 bridgehead atoms. The highest BCUT2D eigenvalue weighted by molar-refractivity contribution is 7.07. The van der Waals surface area contributed by atoms with E-state index in [9.17, 15) is 9.50 Å². The van der Waals surface area contributed by atoms with Crippen LogP contribution in [-0.2, 0) is 13.1 Å². The van der Waals surface area contributed by atoms with Crippen LogP contribution in [-0.4, -0.2) is 16.6 Å². The fraction of sp³-hybridized carbons (Fsp3) is 0.200. The lowest BCUT2D eigenvalue weighted by molar-refractivity contribution is 0.105. The Morgan fingerprint density at radius 2 is 1.62 bits per heavy atom. The molecule has 2 nitrogen and oxygen atoms in total. The molecule has 1 heterocycles. The number of aliphatic hydroxyl groups is 1. The highest BCUT2D eigenvalue weighted by atomic mass is 32.1. The Morgan fingerprint density at radius 1 is 0.917 bits per heavy atom. The van der Waals surface area contributed by atoms with Crippen molar-refractivity contribution in [1.29, 1.82) is 0 Å². The van der Waals surface area contributed by atoms with Crippen LogP contribution in [0.3, 0.4) is 0 Å². The summed E-state index contributed by atoms with van der Waals surface area (Å²) in [5, 5.41) is 14.7. The van der Waals surface area contributed by atoms with Crippen molar-refractivity contribution in [2.75, 3.05) is 6.54 Å². The number of hydrogen-bond acceptors (Lipinski definition) is 3. The maximum Gasteiger partial charge on any atom is 0.123 e. The van der Waals surface area contributed by atoms with Gasteiger partial charge < -0.3 is 5.11 Å². The molecule has 124 valence electrons. The van der Waals surface area contributed by atoms with Gasteiger partial charge in [-0.15, -0.1) is 0 Å². The molecule has 0 spiro atoms. The number of halogens is 1. The van der Waals surface area contributed by atoms with Crippen LogP contribution < -0.4 is 0 Å². The summed E-state index contributed by atoms with van der Waals surface area (Å²) in [5.74, 6) is -0.229. The van der Waals surface area contributed by atoms with E-state index < -0.39 is 6.10 Å². The van der Waals surface area contributed by atoms with Crippen molar-refractivity contribution in [3.63, 3.8) is 0 Å². The molecule has 1 aromatic heterocycles. The van der Waals surface area contributed by atoms with E-state index in [1.54, 1.807) is 23.5 Å². The Balaban J connectivity index is 1.72. The van der Waals surface area contributed by atoms with Crippen molar-refractivity contribution in [1.82, 2.24) is 4.90 Å². The summed E-state index contributed by atoms with van der Waals surface area (Å²) >= 11 is 1.67. The van der Waals surface area contributed by atoms with Gasteiger partial charge in [0, 0.05) is 19.6 Å². The molecule has 1 atom stereocenters. The average molecular weight is 341 g/mol. The zero-order valence-corrected chi connectivity index (χ0v) is 14.1. The first-order chi connectivity index (χ1) is 11.7. The minimum atomic E-state index is -0.551. The minimum Gasteiger partial charge on any atom is -0.387 e. The second-order valence-corrected chi connectivity index (χ2v) is 6.63. The van der Waals surface area contributed by atoms with E-state index in [0.29, 0.717) is 13.1 Å². The van der Waals surface area contributed by atoms with Crippen molar-refractivity contribution < 1.29 is 9.50 Å². The molecule has 3 rings (SSSR count). The molecule has 0 aliphatic heterocycles. The predicted octanol–water partition coefficient (Wildman–Crippen LogP) is 4.62. The average Bonchev–Trinajstić information content (AvgIpc) is 3.10. The van der Waals surface area contributed by atoms with Crippen LogP contribution in [0.2, 0.25) is 0 Å². The van der Waals surface area contributed by atoms with Crippen LogP contribution in [0, 0.1) is 5.82 Å². The fourth-order valence-electron chi connectivity index (χ4n) is 2.70. The molecule has 0 aliphatic rings. The number of hydrogen-bond donors (Lipinski definition) is 1. The molecule has 0 aliphatic carbocycles. The summed E-state index contributed by atoms with van der Waals surface area (Å²) in [6.07, 6.45) is -0.551. The SMILES string of the molecule is OC(CN(Cc1ccc(F)cc1)Cc1ccsc1)c1ccccc1. The molecular formula is C20H20FNOS. The van der Waals surface area contributed by atoms with Gasteiger partial charge in [0.1, 0.15) is 5.82 Å². The van der Waals surface area contributed by atoms with E-state index in [0.717, 1.165) is 17.7 Å². The van der Waals surface area contributed by atoms with Gasteiger partial charge in [-0.05, 0) is 45.6 Å². The van der Waals surface area contributed by atoms with Crippen molar-refractivity contribution in [3.05, 3.63) is 93.9 Å². The summed E-state index contributed by atoms with van der Waals surface area (Å²) in [7, 11) is 0. The quantitative estimate of drug-likeness (QED) is 0.678. The maximum atomic E-state index is 13.1. The lowest BCUT2D eigenvalue weighted by Gasteiger charge is -2.25. The summed E-state index contributed by atoms with van der Waals surface area (Å²) in [6, 6.07) is 18.3. The van der Waals surface area contributed by atoms with Gasteiger partial charge >= 0.3 is 0 Å². The van der Waals surface area contributed by atoms with Gasteiger partial charge in [0.2, 0.25) is 0 Å². The molecule has 0 amide bonds. The van der Waals surface area contributed by atoms with Crippen LogP contribution in [0.15, 0.2) is 71.4 Å². The van der Waals surface area contributed by atoms with E-state index in [-0.39, 0.29) is 5.82 Å². The van der Waals surface area contributed by atoms with Gasteiger partial charge in [0.15, 0.2) is 0 Å². The first kappa shape index (κ1) is 16.8. The van der Waals surface area contributed by atoms with E-state index in [1.165, 1.54) is 17.7 Å². The first-order valence-corrected chi connectivity index (χ1v) is 8.86. The molecule has 1 N–H and O–H groups in total. The summed E-state index contributed by atoms with van der Waals surface area (Å²) in [4.78, 5) is 2.19. The summed E-state index contributed by atoms with van der Waals surface area (Å²) < 4.78 is 13.1. The predicted molar refractivity (Wildman–Crippen MR) is 96.2 cm³/mol. The van der Waals surface area contributed by atoms with Crippen molar-refractivity contribution in [2.24, 2.45) is 0 Å². The standard InChI is InChI=1S/C20H20FNOS/c21-19-8-6-16(7-9-19)12-22(13-17-10-11-24-15-17)14-20(23)18-4-2-1-3-5-18/h1-11,15,20,23H,12-14H2. The highest BCUT2D eigenvalue weighted by Crippen LogP contribution is 2.19. The van der Waals surface area contributed by atoms with Crippen molar-refractivity contribution >= 4 is 11.3 Å². The third kappa shape index (κ3) is 4.74. The first-order valence-electron chi connectivity index (χ1n) is 7.91. The third-order valence-corrected chi connectivity index (χ3v) is 4.65. The smallest absolute Gasteiger partial charge is 0.123 e. The van der Waals surface area contributed by atoms with Crippen molar-refractivity contribution in [3.8, 4) is 0 Å². The zero-order valence-electron chi connectivity index (χ0n) is 13.3. The minimum absolute atomic E-state index is 0.229. The van der Waals surface area contributed by atoms with E-state index in [1.807, 2.05) is 30.3 Å². The molecule has 2 aromatic carbocycles. The van der Waals surface area contributed by atoms with Crippen molar-refractivity contribution in [2.45, 2.75) is 19.2 Å². The number of aliphatic hydroxyl groups excluding tert-OH is 1. The van der Waals surface area contributed by atoms with Crippen LogP contribution in [0.4, 0.5) is 4.39 Å². The third-order valence-electron chi connectivity index (χ3n) is 3.92. The second-order valence-electron chi connectivity index (χ2n) is 5.85. The molecule has 1 unspecified atom stereocenters. The van der Waals surface area contributed by atoms with Crippen LogP contribution in [0.1, 0.15) is 22.8 Å². The highest BCUT2D eigenvalue weighted by Gasteiger charge is 2.15. The van der Waals surface area contributed by atoms with Crippen LogP contribution in [0.5, 0.6) is 0 Å². The Morgan fingerprint density at radius 3 is 2.29 bits per heavy atom. The van der Waals surface area contributed by atoms with Gasteiger partial charge in [-0.2, -0.15) is 11.3 Å². The summed E-state index contributed by atoms with van der Waals surface area (Å²) in [6.45, 7) is 1.95. The Labute approximate surface area is 145 Å². The monoisotopic (exact) mass is 341 g/mol. The lowest BCUT2D eigenvalue weighted by Crippen LogP contribution is -2.28. The maximum absolute atomic E-state index is 13.1. The molecule has 4 heteroatoms. The molecule has 0 fully saturated rings. The lowest BCUT2D eigenvalue weighted by atomic mass is 10.1. The number of thiophene rings is 1. The van der Waals surface area contributed by atoms with Crippen LogP contribution in [0.25, 0.3) is 0 Å². The molecule has 3 aromatic rings. The largest absolute Gasteiger partial charge is 0.387 e. The molecule has 0 saturated heterocycles. The topological polar surface area (TPSA) is 23.5 Å².